The number of aryl methyl sites for hydroxylation is 1. The highest BCUT2D eigenvalue weighted by atomic mass is 32.2. The number of nitrogens with zero attached hydrogens (tertiary/aromatic N) is 3. The summed E-state index contributed by atoms with van der Waals surface area (Å²) in [5, 5.41) is 4.63. The van der Waals surface area contributed by atoms with Crippen LogP contribution in [0.15, 0.2) is 59.6 Å². The summed E-state index contributed by atoms with van der Waals surface area (Å²) in [5.41, 5.74) is 1.91. The maximum Gasteiger partial charge on any atom is 0.267 e. The monoisotopic (exact) mass is 414 g/mol. The van der Waals surface area contributed by atoms with Crippen molar-refractivity contribution in [3.8, 4) is 11.4 Å². The van der Waals surface area contributed by atoms with Crippen LogP contribution in [0.3, 0.4) is 0 Å². The number of aromatic nitrogens is 3. The Kier molecular flexibility index (Phi) is 4.78. The van der Waals surface area contributed by atoms with Gasteiger partial charge in [-0.05, 0) is 44.2 Å². The normalized spacial score (nSPS) is 11.6. The second-order valence-electron chi connectivity index (χ2n) is 6.05. The third kappa shape index (κ3) is 3.58. The molecule has 144 valence electrons. The van der Waals surface area contributed by atoms with Gasteiger partial charge < -0.3 is 4.74 Å². The molecule has 0 aliphatic heterocycles. The highest BCUT2D eigenvalue weighted by molar-refractivity contribution is 7.93. The minimum absolute atomic E-state index is 0.116. The molecule has 4 aromatic rings. The van der Waals surface area contributed by atoms with Gasteiger partial charge in [-0.1, -0.05) is 29.5 Å². The van der Waals surface area contributed by atoms with E-state index in [9.17, 15) is 8.42 Å². The Morgan fingerprint density at radius 1 is 1.18 bits per heavy atom. The number of sulfonamides is 1. The molecule has 0 saturated carbocycles. The number of para-hydroxylation sites is 1. The van der Waals surface area contributed by atoms with Gasteiger partial charge in [0.05, 0.1) is 34.4 Å². The van der Waals surface area contributed by atoms with Gasteiger partial charge in [0.15, 0.2) is 5.13 Å². The number of rotatable bonds is 6. The zero-order valence-corrected chi connectivity index (χ0v) is 16.9. The molecule has 7 nitrogen and oxygen atoms in total. The first-order valence-electron chi connectivity index (χ1n) is 8.64. The zero-order valence-electron chi connectivity index (χ0n) is 15.3. The number of anilines is 1. The summed E-state index contributed by atoms with van der Waals surface area (Å²) in [4.78, 5) is 4.48. The predicted molar refractivity (Wildman–Crippen MR) is 110 cm³/mol. The van der Waals surface area contributed by atoms with E-state index < -0.39 is 10.0 Å². The molecule has 0 unspecified atom stereocenters. The lowest BCUT2D eigenvalue weighted by Crippen LogP contribution is -2.13. The highest BCUT2D eigenvalue weighted by Gasteiger charge is 2.22. The van der Waals surface area contributed by atoms with Crippen molar-refractivity contribution in [1.82, 2.24) is 14.8 Å². The van der Waals surface area contributed by atoms with E-state index in [-0.39, 0.29) is 4.90 Å². The van der Waals surface area contributed by atoms with Crippen LogP contribution in [0.1, 0.15) is 12.6 Å². The molecule has 0 fully saturated rings. The van der Waals surface area contributed by atoms with Gasteiger partial charge in [-0.3, -0.25) is 4.72 Å². The van der Waals surface area contributed by atoms with Gasteiger partial charge in [0.1, 0.15) is 10.6 Å². The third-order valence-electron chi connectivity index (χ3n) is 4.06. The van der Waals surface area contributed by atoms with Gasteiger partial charge in [0.2, 0.25) is 0 Å². The van der Waals surface area contributed by atoms with E-state index in [1.54, 1.807) is 11.6 Å². The van der Waals surface area contributed by atoms with Crippen LogP contribution in [-0.2, 0) is 10.0 Å². The Bertz CT molecular complexity index is 1230. The zero-order chi connectivity index (χ0) is 19.7. The van der Waals surface area contributed by atoms with Crippen LogP contribution in [-0.4, -0.2) is 29.8 Å². The largest absolute Gasteiger partial charge is 0.494 e. The molecule has 1 N–H and O–H groups in total. The lowest BCUT2D eigenvalue weighted by atomic mass is 10.3. The summed E-state index contributed by atoms with van der Waals surface area (Å²) >= 11 is 1.26. The Morgan fingerprint density at radius 2 is 1.96 bits per heavy atom. The minimum Gasteiger partial charge on any atom is -0.494 e. The first kappa shape index (κ1) is 18.5. The average Bonchev–Trinajstić information content (AvgIpc) is 3.25. The molecule has 0 aliphatic rings. The first-order valence-corrected chi connectivity index (χ1v) is 10.9. The molecule has 28 heavy (non-hydrogen) atoms. The summed E-state index contributed by atoms with van der Waals surface area (Å²) in [6, 6.07) is 14.8. The van der Waals surface area contributed by atoms with Crippen molar-refractivity contribution in [2.45, 2.75) is 18.7 Å². The van der Waals surface area contributed by atoms with Crippen LogP contribution in [0, 0.1) is 6.92 Å². The molecule has 4 rings (SSSR count). The van der Waals surface area contributed by atoms with E-state index in [2.05, 4.69) is 14.8 Å². The molecule has 0 saturated heterocycles. The molecule has 0 amide bonds. The van der Waals surface area contributed by atoms with Crippen molar-refractivity contribution in [1.29, 1.82) is 0 Å². The molecule has 2 aromatic carbocycles. The molecule has 0 aliphatic carbocycles. The number of benzene rings is 2. The Morgan fingerprint density at radius 3 is 2.71 bits per heavy atom. The molecule has 0 radical (unpaired) electrons. The molecule has 0 bridgehead atoms. The molecule has 0 atom stereocenters. The van der Waals surface area contributed by atoms with Crippen molar-refractivity contribution < 1.29 is 13.2 Å². The maximum atomic E-state index is 12.9. The van der Waals surface area contributed by atoms with E-state index in [0.29, 0.717) is 22.9 Å². The number of hydrogen-bond acceptors (Lipinski definition) is 6. The minimum atomic E-state index is -3.82. The van der Waals surface area contributed by atoms with Crippen molar-refractivity contribution in [3.63, 3.8) is 0 Å². The smallest absolute Gasteiger partial charge is 0.267 e. The Hall–Kier alpha value is -2.91. The van der Waals surface area contributed by atoms with Crippen molar-refractivity contribution >= 4 is 36.7 Å². The molecule has 2 heterocycles. The van der Waals surface area contributed by atoms with Gasteiger partial charge in [0.25, 0.3) is 10.0 Å². The van der Waals surface area contributed by atoms with E-state index in [4.69, 9.17) is 4.74 Å². The standard InChI is InChI=1S/C19H18N4O3S2/c1-3-26-15-9-10-16-17(11-15)27-19(20-16)22-28(24,25)18-12-23(21-13(18)2)14-7-5-4-6-8-14/h4-12H,3H2,1-2H3,(H,20,22). The summed E-state index contributed by atoms with van der Waals surface area (Å²) in [6.45, 7) is 4.14. The number of thiazole rings is 1. The van der Waals surface area contributed by atoms with Crippen LogP contribution in [0.5, 0.6) is 5.75 Å². The summed E-state index contributed by atoms with van der Waals surface area (Å²) in [6.07, 6.45) is 1.51. The van der Waals surface area contributed by atoms with Crippen LogP contribution >= 0.6 is 11.3 Å². The van der Waals surface area contributed by atoms with Gasteiger partial charge in [-0.15, -0.1) is 0 Å². The topological polar surface area (TPSA) is 86.1 Å². The van der Waals surface area contributed by atoms with Gasteiger partial charge in [-0.25, -0.2) is 18.1 Å². The molecule has 0 spiro atoms. The fourth-order valence-corrected chi connectivity index (χ4v) is 5.09. The lowest BCUT2D eigenvalue weighted by Gasteiger charge is -2.03. The van der Waals surface area contributed by atoms with Crippen LogP contribution < -0.4 is 9.46 Å². The van der Waals surface area contributed by atoms with Crippen LogP contribution in [0.25, 0.3) is 15.9 Å². The Balaban J connectivity index is 1.64. The summed E-state index contributed by atoms with van der Waals surface area (Å²) < 4.78 is 36.2. The van der Waals surface area contributed by atoms with Crippen molar-refractivity contribution in [3.05, 3.63) is 60.4 Å². The Labute approximate surface area is 166 Å². The predicted octanol–water partition coefficient (Wildman–Crippen LogP) is 3.99. The SMILES string of the molecule is CCOc1ccc2nc(NS(=O)(=O)c3cn(-c4ccccc4)nc3C)sc2c1. The van der Waals surface area contributed by atoms with E-state index in [1.165, 1.54) is 17.5 Å². The van der Waals surface area contributed by atoms with Gasteiger partial charge >= 0.3 is 0 Å². The summed E-state index contributed by atoms with van der Waals surface area (Å²) in [7, 11) is -3.82. The quantitative estimate of drug-likeness (QED) is 0.516. The van der Waals surface area contributed by atoms with Crippen molar-refractivity contribution in [2.75, 3.05) is 11.3 Å². The van der Waals surface area contributed by atoms with Crippen LogP contribution in [0.2, 0.25) is 0 Å². The highest BCUT2D eigenvalue weighted by Crippen LogP contribution is 2.31. The molecular formula is C19H18N4O3S2. The molecule has 9 heteroatoms. The fourth-order valence-electron chi connectivity index (χ4n) is 2.80. The second kappa shape index (κ2) is 7.25. The first-order chi connectivity index (χ1) is 13.5. The lowest BCUT2D eigenvalue weighted by molar-refractivity contribution is 0.341. The second-order valence-corrected chi connectivity index (χ2v) is 8.73. The number of fused-ring (bicyclic) bond motifs is 1. The average molecular weight is 415 g/mol. The number of hydrogen-bond donors (Lipinski definition) is 1. The number of nitrogens with one attached hydrogen (secondary N) is 1. The van der Waals surface area contributed by atoms with Gasteiger partial charge in [-0.2, -0.15) is 5.10 Å². The number of ether oxygens (including phenoxy) is 1. The van der Waals surface area contributed by atoms with Gasteiger partial charge in [0, 0.05) is 0 Å². The van der Waals surface area contributed by atoms with Crippen LogP contribution in [0.4, 0.5) is 5.13 Å². The molecule has 2 aromatic heterocycles. The summed E-state index contributed by atoms with van der Waals surface area (Å²) in [5.74, 6) is 0.730. The van der Waals surface area contributed by atoms with E-state index in [0.717, 1.165) is 16.1 Å². The van der Waals surface area contributed by atoms with E-state index >= 15 is 0 Å². The van der Waals surface area contributed by atoms with E-state index in [1.807, 2.05) is 55.5 Å². The molecular weight excluding hydrogens is 396 g/mol. The maximum absolute atomic E-state index is 12.9. The fraction of sp³-hybridized carbons (Fsp3) is 0.158. The third-order valence-corrected chi connectivity index (χ3v) is 6.56. The van der Waals surface area contributed by atoms with Crippen molar-refractivity contribution in [2.24, 2.45) is 0 Å².